The lowest BCUT2D eigenvalue weighted by molar-refractivity contribution is 0.0941. The minimum atomic E-state index is -4.03. The first-order chi connectivity index (χ1) is 16.4. The minimum absolute atomic E-state index is 0.0572. The number of H-pyrrole nitrogens is 1. The smallest absolute Gasteiger partial charge is 0.341 e. The predicted molar refractivity (Wildman–Crippen MR) is 123 cm³/mol. The summed E-state index contributed by atoms with van der Waals surface area (Å²) in [4.78, 5) is 46.3. The number of nitrogens with one attached hydrogen (secondary N) is 2. The van der Waals surface area contributed by atoms with E-state index in [0.717, 1.165) is 5.56 Å². The van der Waals surface area contributed by atoms with Gasteiger partial charge in [0, 0.05) is 24.8 Å². The van der Waals surface area contributed by atoms with Gasteiger partial charge in [0.25, 0.3) is 11.5 Å². The Hall–Kier alpha value is -3.92. The third-order valence-electron chi connectivity index (χ3n) is 4.86. The van der Waals surface area contributed by atoms with Gasteiger partial charge in [-0.15, -0.1) is 0 Å². The second-order valence-corrected chi connectivity index (χ2v) is 8.86. The molecule has 12 heteroatoms. The molecule has 2 atom stereocenters. The summed E-state index contributed by atoms with van der Waals surface area (Å²) >= 11 is 0. The Morgan fingerprint density at radius 2 is 1.94 bits per heavy atom. The summed E-state index contributed by atoms with van der Waals surface area (Å²) in [6, 6.07) is 13.0. The molecule has 3 aromatic heterocycles. The number of benzene rings is 1. The second kappa shape index (κ2) is 9.92. The van der Waals surface area contributed by atoms with Crippen LogP contribution in [0.15, 0.2) is 78.1 Å². The number of nitrogens with zero attached hydrogens (tertiary/aromatic N) is 4. The molecule has 0 saturated carbocycles. The van der Waals surface area contributed by atoms with E-state index in [9.17, 15) is 19.0 Å². The number of rotatable bonds is 8. The average Bonchev–Trinajstić information content (AvgIpc) is 3.38. The summed E-state index contributed by atoms with van der Waals surface area (Å²) < 4.78 is 18.5. The summed E-state index contributed by atoms with van der Waals surface area (Å²) in [5, 5.41) is 6.82. The summed E-state index contributed by atoms with van der Waals surface area (Å²) in [7, 11) is -4.03. The number of hydrogen-bond donors (Lipinski definition) is 3. The van der Waals surface area contributed by atoms with E-state index in [1.165, 1.54) is 29.3 Å². The van der Waals surface area contributed by atoms with E-state index in [1.54, 1.807) is 49.5 Å². The SMILES string of the molecule is CCOP(=O)(O)c1ccc(C(NC(=O)c2cnc(-n3cccn3)[nH]c2=O)c2ccccc2)cn1. The highest BCUT2D eigenvalue weighted by molar-refractivity contribution is 7.60. The van der Waals surface area contributed by atoms with Gasteiger partial charge >= 0.3 is 7.60 Å². The van der Waals surface area contributed by atoms with Crippen LogP contribution in [0.25, 0.3) is 5.95 Å². The highest BCUT2D eigenvalue weighted by atomic mass is 31.2. The van der Waals surface area contributed by atoms with Crippen LogP contribution in [0.4, 0.5) is 0 Å². The molecule has 2 unspecified atom stereocenters. The Morgan fingerprint density at radius 1 is 1.15 bits per heavy atom. The first kappa shape index (κ1) is 23.2. The van der Waals surface area contributed by atoms with Gasteiger partial charge in [-0.3, -0.25) is 19.1 Å². The second-order valence-electron chi connectivity index (χ2n) is 7.11. The van der Waals surface area contributed by atoms with Crippen LogP contribution in [0.2, 0.25) is 0 Å². The molecule has 3 heterocycles. The Kier molecular flexibility index (Phi) is 6.78. The standard InChI is InChI=1S/C22H21N6O5P/c1-2-33-34(31,32)18-10-9-16(13-23-18)19(15-7-4-3-5-8-15)26-20(29)17-14-24-22(27-21(17)30)28-12-6-11-25-28/h3-14,19H,2H2,1H3,(H,26,29)(H,31,32)(H,24,27,30). The van der Waals surface area contributed by atoms with Gasteiger partial charge < -0.3 is 14.7 Å². The van der Waals surface area contributed by atoms with Crippen molar-refractivity contribution in [2.24, 2.45) is 0 Å². The van der Waals surface area contributed by atoms with Crippen LogP contribution in [0.1, 0.15) is 34.5 Å². The number of aromatic nitrogens is 5. The van der Waals surface area contributed by atoms with Crippen molar-refractivity contribution in [3.05, 3.63) is 100 Å². The summed E-state index contributed by atoms with van der Waals surface area (Å²) in [5.41, 5.74) is 0.345. The molecule has 174 valence electrons. The molecular formula is C22H21N6O5P. The third-order valence-corrected chi connectivity index (χ3v) is 6.31. The van der Waals surface area contributed by atoms with Crippen molar-refractivity contribution in [2.45, 2.75) is 13.0 Å². The molecule has 11 nitrogen and oxygen atoms in total. The first-order valence-electron chi connectivity index (χ1n) is 10.3. The number of carbonyl (C=O) groups is 1. The van der Waals surface area contributed by atoms with Gasteiger partial charge in [0.2, 0.25) is 5.95 Å². The fraction of sp³-hybridized carbons (Fsp3) is 0.136. The molecule has 4 rings (SSSR count). The Labute approximate surface area is 194 Å². The van der Waals surface area contributed by atoms with E-state index in [-0.39, 0.29) is 23.6 Å². The van der Waals surface area contributed by atoms with Gasteiger partial charge in [-0.05, 0) is 30.2 Å². The Bertz CT molecular complexity index is 1370. The number of pyridine rings is 1. The molecule has 34 heavy (non-hydrogen) atoms. The van der Waals surface area contributed by atoms with Gasteiger partial charge in [0.05, 0.1) is 12.6 Å². The van der Waals surface area contributed by atoms with E-state index in [4.69, 9.17) is 4.52 Å². The van der Waals surface area contributed by atoms with Gasteiger partial charge in [0.1, 0.15) is 5.56 Å². The zero-order valence-electron chi connectivity index (χ0n) is 18.0. The quantitative estimate of drug-likeness (QED) is 0.322. The van der Waals surface area contributed by atoms with Crippen LogP contribution in [-0.4, -0.2) is 42.1 Å². The average molecular weight is 480 g/mol. The van der Waals surface area contributed by atoms with Crippen molar-refractivity contribution in [3.63, 3.8) is 0 Å². The number of hydrogen-bond acceptors (Lipinski definition) is 7. The molecule has 0 radical (unpaired) electrons. The highest BCUT2D eigenvalue weighted by Crippen LogP contribution is 2.39. The zero-order valence-corrected chi connectivity index (χ0v) is 18.9. The lowest BCUT2D eigenvalue weighted by Gasteiger charge is -2.20. The van der Waals surface area contributed by atoms with Gasteiger partial charge in [-0.25, -0.2) is 14.6 Å². The highest BCUT2D eigenvalue weighted by Gasteiger charge is 2.25. The van der Waals surface area contributed by atoms with Gasteiger partial charge in [-0.1, -0.05) is 36.4 Å². The lowest BCUT2D eigenvalue weighted by Crippen LogP contribution is -2.34. The van der Waals surface area contributed by atoms with Crippen molar-refractivity contribution >= 4 is 18.9 Å². The molecule has 0 aliphatic heterocycles. The zero-order chi connectivity index (χ0) is 24.1. The monoisotopic (exact) mass is 480 g/mol. The molecule has 4 aromatic rings. The van der Waals surface area contributed by atoms with Gasteiger partial charge in [-0.2, -0.15) is 5.10 Å². The fourth-order valence-corrected chi connectivity index (χ4v) is 4.20. The lowest BCUT2D eigenvalue weighted by atomic mass is 10.00. The number of carbonyl (C=O) groups excluding carboxylic acids is 1. The summed E-state index contributed by atoms with van der Waals surface area (Å²) in [6.45, 7) is 1.66. The van der Waals surface area contributed by atoms with Crippen LogP contribution in [0, 0.1) is 0 Å². The number of aromatic amines is 1. The van der Waals surface area contributed by atoms with E-state index >= 15 is 0 Å². The maximum absolute atomic E-state index is 13.0. The molecule has 0 aliphatic rings. The Morgan fingerprint density at radius 3 is 2.56 bits per heavy atom. The Balaban J connectivity index is 1.63. The predicted octanol–water partition coefficient (Wildman–Crippen LogP) is 1.72. The first-order valence-corrected chi connectivity index (χ1v) is 11.9. The van der Waals surface area contributed by atoms with E-state index in [2.05, 4.69) is 25.4 Å². The molecular weight excluding hydrogens is 459 g/mol. The van der Waals surface area contributed by atoms with Crippen LogP contribution >= 0.6 is 7.60 Å². The fourth-order valence-electron chi connectivity index (χ4n) is 3.25. The van der Waals surface area contributed by atoms with Crippen molar-refractivity contribution < 1.29 is 18.8 Å². The topological polar surface area (TPSA) is 152 Å². The van der Waals surface area contributed by atoms with E-state index in [0.29, 0.717) is 5.56 Å². The molecule has 0 saturated heterocycles. The third kappa shape index (κ3) is 5.01. The van der Waals surface area contributed by atoms with Gasteiger partial charge in [0.15, 0.2) is 5.44 Å². The maximum atomic E-state index is 13.0. The van der Waals surface area contributed by atoms with Crippen LogP contribution in [0.3, 0.4) is 0 Å². The van der Waals surface area contributed by atoms with Crippen molar-refractivity contribution in [1.82, 2.24) is 30.0 Å². The molecule has 3 N–H and O–H groups in total. The number of amides is 1. The van der Waals surface area contributed by atoms with Crippen molar-refractivity contribution in [3.8, 4) is 5.95 Å². The molecule has 0 spiro atoms. The molecule has 0 aliphatic carbocycles. The molecule has 0 bridgehead atoms. The van der Waals surface area contributed by atoms with Crippen LogP contribution < -0.4 is 16.3 Å². The maximum Gasteiger partial charge on any atom is 0.376 e. The molecule has 0 fully saturated rings. The normalized spacial score (nSPS) is 13.7. The minimum Gasteiger partial charge on any atom is -0.341 e. The largest absolute Gasteiger partial charge is 0.376 e. The van der Waals surface area contributed by atoms with E-state index in [1.807, 2.05) is 6.07 Å². The summed E-state index contributed by atoms with van der Waals surface area (Å²) in [5.74, 6) is -0.477. The van der Waals surface area contributed by atoms with E-state index < -0.39 is 25.1 Å². The van der Waals surface area contributed by atoms with Crippen LogP contribution in [0.5, 0.6) is 0 Å². The van der Waals surface area contributed by atoms with Crippen molar-refractivity contribution in [1.29, 1.82) is 0 Å². The van der Waals surface area contributed by atoms with Crippen LogP contribution in [-0.2, 0) is 9.09 Å². The molecule has 1 amide bonds. The molecule has 1 aromatic carbocycles. The van der Waals surface area contributed by atoms with Crippen molar-refractivity contribution in [2.75, 3.05) is 6.61 Å². The summed E-state index contributed by atoms with van der Waals surface area (Å²) in [6.07, 6.45) is 5.71.